The van der Waals surface area contributed by atoms with Gasteiger partial charge in [0.25, 0.3) is 0 Å². The number of nitrogens with one attached hydrogen (secondary N) is 3. The van der Waals surface area contributed by atoms with Gasteiger partial charge in [0.1, 0.15) is 23.9 Å². The molecule has 2 rings (SSSR count). The van der Waals surface area contributed by atoms with Gasteiger partial charge in [-0.1, -0.05) is 26.0 Å². The van der Waals surface area contributed by atoms with Crippen LogP contribution in [0.25, 0.3) is 0 Å². The second-order valence-electron chi connectivity index (χ2n) is 12.2. The lowest BCUT2D eigenvalue weighted by Gasteiger charge is -2.31. The van der Waals surface area contributed by atoms with Crippen molar-refractivity contribution in [1.82, 2.24) is 20.9 Å². The Labute approximate surface area is 280 Å². The van der Waals surface area contributed by atoms with Crippen LogP contribution in [-0.4, -0.2) is 111 Å². The van der Waals surface area contributed by atoms with Gasteiger partial charge >= 0.3 is 12.1 Å². The van der Waals surface area contributed by atoms with E-state index in [2.05, 4.69) is 15.6 Å². The molecular formula is C30H45F3N8O8. The van der Waals surface area contributed by atoms with E-state index in [9.17, 15) is 52.5 Å². The predicted octanol–water partition coefficient (Wildman–Crippen LogP) is -1.19. The van der Waals surface area contributed by atoms with Gasteiger partial charge in [0.05, 0.1) is 6.04 Å². The summed E-state index contributed by atoms with van der Waals surface area (Å²) in [5, 5.41) is 35.3. The average Bonchev–Trinajstić information content (AvgIpc) is 3.50. The van der Waals surface area contributed by atoms with E-state index in [-0.39, 0.29) is 62.8 Å². The Balaban J connectivity index is 2.28. The van der Waals surface area contributed by atoms with Crippen molar-refractivity contribution in [3.8, 4) is 5.75 Å². The SMILES string of the molecule is CC(C)C[C@H](NC(=O)[C@H](Cc1ccc(O)cc1)NC(=O)[C@@H](N)CCCN=C(N)N)C(=O)N1CCC[C@H]1C(=O)N[C@H](C(=O)O)[C@H](O)C(F)(F)F. The highest BCUT2D eigenvalue weighted by molar-refractivity contribution is 5.96. The number of phenols is 1. The van der Waals surface area contributed by atoms with Crippen molar-refractivity contribution in [2.24, 2.45) is 28.1 Å². The van der Waals surface area contributed by atoms with Gasteiger partial charge in [0.2, 0.25) is 23.6 Å². The van der Waals surface area contributed by atoms with Gasteiger partial charge in [-0.25, -0.2) is 4.79 Å². The molecule has 4 amide bonds. The molecule has 274 valence electrons. The first-order valence-electron chi connectivity index (χ1n) is 15.6. The number of alkyl halides is 3. The average molecular weight is 703 g/mol. The topological polar surface area (TPSA) is 276 Å². The van der Waals surface area contributed by atoms with Crippen LogP contribution in [0.1, 0.15) is 51.5 Å². The predicted molar refractivity (Wildman–Crippen MR) is 169 cm³/mol. The number of guanidine groups is 1. The van der Waals surface area contributed by atoms with Gasteiger partial charge < -0.3 is 53.4 Å². The van der Waals surface area contributed by atoms with Crippen LogP contribution in [-0.2, 0) is 30.4 Å². The smallest absolute Gasteiger partial charge is 0.416 e. The number of aliphatic imine (C=N–C) groups is 1. The Morgan fingerprint density at radius 1 is 1.02 bits per heavy atom. The van der Waals surface area contributed by atoms with Crippen molar-refractivity contribution in [2.45, 2.75) is 94.9 Å². The molecule has 16 nitrogen and oxygen atoms in total. The summed E-state index contributed by atoms with van der Waals surface area (Å²) in [7, 11) is 0. The molecule has 1 aromatic carbocycles. The number of aliphatic hydroxyl groups excluding tert-OH is 1. The molecule has 6 atom stereocenters. The van der Waals surface area contributed by atoms with Crippen LogP contribution in [0.2, 0.25) is 0 Å². The van der Waals surface area contributed by atoms with Crippen molar-refractivity contribution < 1.29 is 52.5 Å². The highest BCUT2D eigenvalue weighted by Crippen LogP contribution is 2.25. The van der Waals surface area contributed by atoms with Gasteiger partial charge in [-0.05, 0) is 55.7 Å². The minimum absolute atomic E-state index is 0.0189. The molecule has 1 aromatic rings. The number of carbonyl (C=O) groups excluding carboxylic acids is 4. The number of nitrogens with two attached hydrogens (primary N) is 3. The zero-order valence-electron chi connectivity index (χ0n) is 27.2. The molecular weight excluding hydrogens is 657 g/mol. The lowest BCUT2D eigenvalue weighted by molar-refractivity contribution is -0.215. The third kappa shape index (κ3) is 12.7. The van der Waals surface area contributed by atoms with E-state index in [0.717, 1.165) is 4.90 Å². The number of amides is 4. The molecule has 12 N–H and O–H groups in total. The Morgan fingerprint density at radius 3 is 2.18 bits per heavy atom. The van der Waals surface area contributed by atoms with E-state index in [4.69, 9.17) is 17.2 Å². The number of phenolic OH excluding ortho intramolecular Hbond substituents is 1. The number of benzene rings is 1. The molecule has 1 heterocycles. The van der Waals surface area contributed by atoms with Gasteiger partial charge in [0.15, 0.2) is 18.1 Å². The number of rotatable bonds is 17. The maximum atomic E-state index is 13.8. The number of hydrogen-bond donors (Lipinski definition) is 9. The first-order chi connectivity index (χ1) is 22.8. The molecule has 0 aromatic heterocycles. The fraction of sp³-hybridized carbons (Fsp3) is 0.600. The largest absolute Gasteiger partial charge is 0.508 e. The number of carbonyl (C=O) groups is 5. The maximum absolute atomic E-state index is 13.8. The van der Waals surface area contributed by atoms with Crippen LogP contribution in [0.15, 0.2) is 29.3 Å². The molecule has 0 saturated carbocycles. The minimum Gasteiger partial charge on any atom is -0.508 e. The molecule has 1 saturated heterocycles. The van der Waals surface area contributed by atoms with Crippen molar-refractivity contribution in [1.29, 1.82) is 0 Å². The Hall–Kier alpha value is -4.65. The molecule has 0 unspecified atom stereocenters. The Morgan fingerprint density at radius 2 is 1.63 bits per heavy atom. The standard InChI is InChI=1S/C30H45F3N8O8/c1-15(2)13-20(27(47)41-12-4-6-21(41)26(46)40-22(28(48)49)23(43)30(31,32)33)39-25(45)19(14-16-7-9-17(42)10-8-16)38-24(44)18(34)5-3-11-37-29(35)36/h7-10,15,18-23,42-43H,3-6,11-14,34H2,1-2H3,(H,38,44)(H,39,45)(H,40,46)(H,48,49)(H4,35,36,37)/t18-,19-,20-,21-,22-,23-/m0/s1. The molecule has 0 radical (unpaired) electrons. The normalized spacial score (nSPS) is 17.7. The van der Waals surface area contributed by atoms with E-state index >= 15 is 0 Å². The summed E-state index contributed by atoms with van der Waals surface area (Å²) in [5.41, 5.74) is 17.2. The van der Waals surface area contributed by atoms with Crippen molar-refractivity contribution in [2.75, 3.05) is 13.1 Å². The molecule has 1 aliphatic heterocycles. The first kappa shape index (κ1) is 40.5. The highest BCUT2D eigenvalue weighted by atomic mass is 19.4. The van der Waals surface area contributed by atoms with Gasteiger partial charge in [-0.3, -0.25) is 24.2 Å². The number of carboxylic acids is 1. The second kappa shape index (κ2) is 18.2. The number of carboxylic acid groups (broad SMARTS) is 1. The molecule has 1 aliphatic rings. The lowest BCUT2D eigenvalue weighted by atomic mass is 10.00. The third-order valence-corrected chi connectivity index (χ3v) is 7.69. The van der Waals surface area contributed by atoms with E-state index < -0.39 is 72.1 Å². The summed E-state index contributed by atoms with van der Waals surface area (Å²) in [4.78, 5) is 69.8. The fourth-order valence-corrected chi connectivity index (χ4v) is 5.19. The molecule has 0 aliphatic carbocycles. The van der Waals surface area contributed by atoms with Crippen molar-refractivity contribution >= 4 is 35.6 Å². The third-order valence-electron chi connectivity index (χ3n) is 7.69. The van der Waals surface area contributed by atoms with Crippen LogP contribution >= 0.6 is 0 Å². The van der Waals surface area contributed by atoms with Crippen molar-refractivity contribution in [3.05, 3.63) is 29.8 Å². The first-order valence-corrected chi connectivity index (χ1v) is 15.6. The number of likely N-dealkylation sites (tertiary alicyclic amines) is 1. The number of hydrogen-bond acceptors (Lipinski definition) is 9. The maximum Gasteiger partial charge on any atom is 0.416 e. The molecule has 0 spiro atoms. The summed E-state index contributed by atoms with van der Waals surface area (Å²) >= 11 is 0. The summed E-state index contributed by atoms with van der Waals surface area (Å²) < 4.78 is 39.2. The molecule has 0 bridgehead atoms. The monoisotopic (exact) mass is 702 g/mol. The number of halogens is 3. The quantitative estimate of drug-likeness (QED) is 0.0529. The number of aliphatic carboxylic acids is 1. The summed E-state index contributed by atoms with van der Waals surface area (Å²) in [6.07, 6.45) is -8.01. The summed E-state index contributed by atoms with van der Waals surface area (Å²) in [6.45, 7) is 3.71. The number of aromatic hydroxyl groups is 1. The van der Waals surface area contributed by atoms with Crippen LogP contribution < -0.4 is 33.2 Å². The lowest BCUT2D eigenvalue weighted by Crippen LogP contribution is -2.60. The van der Waals surface area contributed by atoms with Crippen molar-refractivity contribution in [3.63, 3.8) is 0 Å². The summed E-state index contributed by atoms with van der Waals surface area (Å²) in [6, 6.07) is -1.86. The zero-order chi connectivity index (χ0) is 37.1. The number of aliphatic hydroxyl groups is 1. The Kier molecular flexibility index (Phi) is 15.1. The van der Waals surface area contributed by atoms with E-state index in [1.807, 2.05) is 0 Å². The van der Waals surface area contributed by atoms with Gasteiger partial charge in [-0.15, -0.1) is 0 Å². The molecule has 49 heavy (non-hydrogen) atoms. The number of nitrogens with zero attached hydrogens (tertiary/aromatic N) is 2. The van der Waals surface area contributed by atoms with E-state index in [0.29, 0.717) is 12.0 Å². The molecule has 19 heteroatoms. The van der Waals surface area contributed by atoms with Gasteiger partial charge in [-0.2, -0.15) is 13.2 Å². The highest BCUT2D eigenvalue weighted by Gasteiger charge is 2.49. The van der Waals surface area contributed by atoms with Crippen LogP contribution in [0.3, 0.4) is 0 Å². The minimum atomic E-state index is -5.35. The van der Waals surface area contributed by atoms with Gasteiger partial charge in [0, 0.05) is 19.5 Å². The summed E-state index contributed by atoms with van der Waals surface area (Å²) in [5.74, 6) is -5.92. The van der Waals surface area contributed by atoms with E-state index in [1.165, 1.54) is 24.3 Å². The zero-order valence-corrected chi connectivity index (χ0v) is 27.2. The Bertz CT molecular complexity index is 1340. The van der Waals surface area contributed by atoms with E-state index in [1.54, 1.807) is 19.2 Å². The van der Waals surface area contributed by atoms with Crippen LogP contribution in [0, 0.1) is 5.92 Å². The fourth-order valence-electron chi connectivity index (χ4n) is 5.19. The second-order valence-corrected chi connectivity index (χ2v) is 12.2. The van der Waals surface area contributed by atoms with Crippen LogP contribution in [0.4, 0.5) is 13.2 Å². The molecule has 1 fully saturated rings. The van der Waals surface area contributed by atoms with Crippen LogP contribution in [0.5, 0.6) is 5.75 Å².